The van der Waals surface area contributed by atoms with E-state index in [-0.39, 0.29) is 10.8 Å². The lowest BCUT2D eigenvalue weighted by Gasteiger charge is -2.27. The predicted molar refractivity (Wildman–Crippen MR) is 76.2 cm³/mol. The van der Waals surface area contributed by atoms with Gasteiger partial charge in [-0.25, -0.2) is 9.97 Å². The zero-order chi connectivity index (χ0) is 13.3. The summed E-state index contributed by atoms with van der Waals surface area (Å²) in [6, 6.07) is -0.00171. The van der Waals surface area contributed by atoms with Crippen molar-refractivity contribution >= 4 is 27.3 Å². The highest BCUT2D eigenvalue weighted by Crippen LogP contribution is 2.40. The molecule has 0 saturated heterocycles. The second-order valence-electron chi connectivity index (χ2n) is 5.57. The molecule has 1 aliphatic carbocycles. The van der Waals surface area contributed by atoms with Crippen molar-refractivity contribution in [3.8, 4) is 0 Å². The molecule has 100 valence electrons. The van der Waals surface area contributed by atoms with E-state index >= 15 is 0 Å². The minimum Gasteiger partial charge on any atom is -0.598 e. The second-order valence-corrected chi connectivity index (χ2v) is 8.49. The lowest BCUT2D eigenvalue weighted by Crippen LogP contribution is -2.42. The lowest BCUT2D eigenvalue weighted by atomic mass is 10.2. The van der Waals surface area contributed by atoms with E-state index in [1.807, 2.05) is 20.8 Å². The Bertz CT molecular complexity index is 403. The van der Waals surface area contributed by atoms with Gasteiger partial charge in [0.25, 0.3) is 0 Å². The minimum absolute atomic E-state index is 0.00171. The Balaban J connectivity index is 2.11. The van der Waals surface area contributed by atoms with Crippen LogP contribution in [0.1, 0.15) is 45.5 Å². The molecule has 0 aromatic carbocycles. The van der Waals surface area contributed by atoms with Crippen LogP contribution in [0.2, 0.25) is 0 Å². The van der Waals surface area contributed by atoms with Gasteiger partial charge in [-0.15, -0.1) is 4.72 Å². The van der Waals surface area contributed by atoms with Crippen molar-refractivity contribution in [3.63, 3.8) is 0 Å². The third-order valence-electron chi connectivity index (χ3n) is 2.80. The van der Waals surface area contributed by atoms with Gasteiger partial charge in [-0.3, -0.25) is 0 Å². The fraction of sp³-hybridized carbons (Fsp3) is 0.667. The number of hydrogen-bond donors (Lipinski definition) is 1. The fourth-order valence-electron chi connectivity index (χ4n) is 1.56. The van der Waals surface area contributed by atoms with Crippen molar-refractivity contribution in [2.75, 3.05) is 0 Å². The molecule has 2 atom stereocenters. The maximum absolute atomic E-state index is 12.2. The highest BCUT2D eigenvalue weighted by Gasteiger charge is 2.39. The molecule has 2 rings (SSSR count). The number of nitrogens with zero attached hydrogens (tertiary/aromatic N) is 2. The van der Waals surface area contributed by atoms with Gasteiger partial charge in [0.1, 0.15) is 16.6 Å². The average molecular weight is 332 g/mol. The van der Waals surface area contributed by atoms with Gasteiger partial charge in [-0.1, -0.05) is 0 Å². The molecule has 1 aromatic heterocycles. The van der Waals surface area contributed by atoms with E-state index < -0.39 is 11.4 Å². The summed E-state index contributed by atoms with van der Waals surface area (Å²) in [4.78, 5) is 8.64. The summed E-state index contributed by atoms with van der Waals surface area (Å²) in [6.07, 6.45) is 5.77. The molecule has 2 unspecified atom stereocenters. The molecule has 1 aromatic rings. The summed E-state index contributed by atoms with van der Waals surface area (Å²) in [7, 11) is 0. The Morgan fingerprint density at radius 3 is 2.39 bits per heavy atom. The van der Waals surface area contributed by atoms with Crippen LogP contribution in [0.5, 0.6) is 0 Å². The predicted octanol–water partition coefficient (Wildman–Crippen LogP) is 2.74. The number of hydrogen-bond acceptors (Lipinski definition) is 4. The van der Waals surface area contributed by atoms with E-state index in [2.05, 4.69) is 30.6 Å². The molecule has 1 heterocycles. The largest absolute Gasteiger partial charge is 0.598 e. The van der Waals surface area contributed by atoms with Crippen molar-refractivity contribution in [2.45, 2.75) is 44.4 Å². The van der Waals surface area contributed by atoms with Gasteiger partial charge in [0.05, 0.1) is 4.47 Å². The van der Waals surface area contributed by atoms with Crippen LogP contribution in [0, 0.1) is 5.92 Å². The van der Waals surface area contributed by atoms with Gasteiger partial charge >= 0.3 is 0 Å². The van der Waals surface area contributed by atoms with Gasteiger partial charge in [-0.05, 0) is 55.5 Å². The van der Waals surface area contributed by atoms with E-state index in [4.69, 9.17) is 0 Å². The Morgan fingerprint density at radius 2 is 1.94 bits per heavy atom. The molecule has 1 fully saturated rings. The third-order valence-corrected chi connectivity index (χ3v) is 4.79. The summed E-state index contributed by atoms with van der Waals surface area (Å²) in [5.74, 6) is 1.25. The molecule has 1 aliphatic rings. The van der Waals surface area contributed by atoms with E-state index in [9.17, 15) is 4.55 Å². The van der Waals surface area contributed by atoms with Gasteiger partial charge in [0, 0.05) is 23.8 Å². The van der Waals surface area contributed by atoms with Crippen LogP contribution in [0.4, 0.5) is 0 Å². The van der Waals surface area contributed by atoms with E-state index in [0.717, 1.165) is 23.1 Å². The number of rotatable bonds is 4. The van der Waals surface area contributed by atoms with Crippen molar-refractivity contribution in [1.82, 2.24) is 14.7 Å². The third kappa shape index (κ3) is 3.66. The zero-order valence-corrected chi connectivity index (χ0v) is 13.2. The monoisotopic (exact) mass is 331 g/mol. The van der Waals surface area contributed by atoms with Gasteiger partial charge in [0.15, 0.2) is 0 Å². The summed E-state index contributed by atoms with van der Waals surface area (Å²) in [5.41, 5.74) is 0. The normalized spacial score (nSPS) is 19.6. The molecule has 0 aliphatic heterocycles. The van der Waals surface area contributed by atoms with Gasteiger partial charge < -0.3 is 4.55 Å². The minimum atomic E-state index is -1.10. The smallest absolute Gasteiger partial charge is 0.149 e. The molecule has 18 heavy (non-hydrogen) atoms. The van der Waals surface area contributed by atoms with Crippen LogP contribution >= 0.6 is 15.9 Å². The first-order valence-corrected chi connectivity index (χ1v) is 7.97. The number of halogens is 1. The Hall–Kier alpha value is -0.170. The standard InChI is InChI=1S/C12H18BrN3OS/c1-12(2,3)18(17)16-10(8-4-5-8)11-14-6-9(13)7-15-11/h6-8,10,16H,4-5H2,1-3H3. The number of aromatic nitrogens is 2. The van der Waals surface area contributed by atoms with Crippen LogP contribution in [-0.2, 0) is 11.4 Å². The zero-order valence-electron chi connectivity index (χ0n) is 10.8. The second kappa shape index (κ2) is 5.45. The molecule has 4 nitrogen and oxygen atoms in total. The molecule has 0 radical (unpaired) electrons. The SMILES string of the molecule is CC(C)(C)[S+]([O-])NC(c1ncc(Br)cn1)C1CC1. The van der Waals surface area contributed by atoms with Crippen LogP contribution < -0.4 is 4.72 Å². The van der Waals surface area contributed by atoms with Crippen molar-refractivity contribution in [2.24, 2.45) is 5.92 Å². The van der Waals surface area contributed by atoms with Crippen molar-refractivity contribution in [1.29, 1.82) is 0 Å². The number of nitrogens with one attached hydrogen (secondary N) is 1. The molecular formula is C12H18BrN3OS. The summed E-state index contributed by atoms with van der Waals surface area (Å²) in [6.45, 7) is 5.88. The fourth-order valence-corrected chi connectivity index (χ4v) is 2.65. The summed E-state index contributed by atoms with van der Waals surface area (Å²) >= 11 is 2.23. The maximum atomic E-state index is 12.2. The Labute approximate surface area is 119 Å². The van der Waals surface area contributed by atoms with E-state index in [0.29, 0.717) is 5.92 Å². The molecule has 1 N–H and O–H groups in total. The maximum Gasteiger partial charge on any atom is 0.149 e. The first kappa shape index (κ1) is 14.2. The molecule has 0 amide bonds. The first-order chi connectivity index (χ1) is 8.38. The highest BCUT2D eigenvalue weighted by atomic mass is 79.9. The van der Waals surface area contributed by atoms with Crippen LogP contribution in [-0.4, -0.2) is 19.3 Å². The van der Waals surface area contributed by atoms with Gasteiger partial charge in [0.2, 0.25) is 0 Å². The molecule has 0 bridgehead atoms. The average Bonchev–Trinajstić information content (AvgIpc) is 3.09. The quantitative estimate of drug-likeness (QED) is 0.862. The molecule has 6 heteroatoms. The summed E-state index contributed by atoms with van der Waals surface area (Å²) < 4.78 is 16.0. The van der Waals surface area contributed by atoms with Crippen LogP contribution in [0.15, 0.2) is 16.9 Å². The highest BCUT2D eigenvalue weighted by molar-refractivity contribution is 9.10. The van der Waals surface area contributed by atoms with Crippen molar-refractivity contribution in [3.05, 3.63) is 22.7 Å². The van der Waals surface area contributed by atoms with Crippen LogP contribution in [0.25, 0.3) is 0 Å². The lowest BCUT2D eigenvalue weighted by molar-refractivity contribution is 0.490. The topological polar surface area (TPSA) is 60.9 Å². The first-order valence-electron chi connectivity index (χ1n) is 6.03. The molecule has 1 saturated carbocycles. The Morgan fingerprint density at radius 1 is 1.39 bits per heavy atom. The van der Waals surface area contributed by atoms with E-state index in [1.165, 1.54) is 0 Å². The summed E-state index contributed by atoms with van der Waals surface area (Å²) in [5, 5.41) is 0. The van der Waals surface area contributed by atoms with Crippen LogP contribution in [0.3, 0.4) is 0 Å². The van der Waals surface area contributed by atoms with Crippen molar-refractivity contribution < 1.29 is 4.55 Å². The molecule has 0 spiro atoms. The Kier molecular flexibility index (Phi) is 4.31. The van der Waals surface area contributed by atoms with E-state index in [1.54, 1.807) is 12.4 Å². The van der Waals surface area contributed by atoms with Gasteiger partial charge in [-0.2, -0.15) is 0 Å². The molecular weight excluding hydrogens is 314 g/mol.